The highest BCUT2D eigenvalue weighted by atomic mass is 16.6. The van der Waals surface area contributed by atoms with Crippen molar-refractivity contribution in [2.24, 2.45) is 5.92 Å². The lowest BCUT2D eigenvalue weighted by atomic mass is 9.75. The van der Waals surface area contributed by atoms with Crippen molar-refractivity contribution in [3.63, 3.8) is 0 Å². The lowest BCUT2D eigenvalue weighted by Crippen LogP contribution is -2.58. The van der Waals surface area contributed by atoms with Crippen molar-refractivity contribution in [3.05, 3.63) is 0 Å². The molecule has 0 aromatic rings. The first-order valence-electron chi connectivity index (χ1n) is 8.38. The molecule has 0 bridgehead atoms. The molecule has 0 spiro atoms. The van der Waals surface area contributed by atoms with Crippen molar-refractivity contribution >= 4 is 12.1 Å². The monoisotopic (exact) mass is 313 g/mol. The van der Waals surface area contributed by atoms with E-state index >= 15 is 0 Å². The van der Waals surface area contributed by atoms with Crippen LogP contribution in [0.4, 0.5) is 4.79 Å². The number of rotatable bonds is 5. The smallest absolute Gasteiger partial charge is 0.410 e. The number of amides is 1. The Morgan fingerprint density at radius 2 is 1.77 bits per heavy atom. The normalized spacial score (nSPS) is 21.5. The van der Waals surface area contributed by atoms with Crippen molar-refractivity contribution in [1.82, 2.24) is 4.90 Å². The summed E-state index contributed by atoms with van der Waals surface area (Å²) in [6, 6.07) is 0. The van der Waals surface area contributed by atoms with Gasteiger partial charge in [-0.05, 0) is 46.5 Å². The van der Waals surface area contributed by atoms with Crippen LogP contribution < -0.4 is 0 Å². The molecule has 0 aliphatic carbocycles. The zero-order valence-corrected chi connectivity index (χ0v) is 14.6. The minimum absolute atomic E-state index is 0.307. The molecule has 128 valence electrons. The number of hydrogen-bond donors (Lipinski definition) is 1. The van der Waals surface area contributed by atoms with Gasteiger partial charge in [-0.15, -0.1) is 0 Å². The zero-order chi connectivity index (χ0) is 17.0. The van der Waals surface area contributed by atoms with Crippen molar-refractivity contribution in [2.75, 3.05) is 6.54 Å². The van der Waals surface area contributed by atoms with Gasteiger partial charge < -0.3 is 14.7 Å². The summed E-state index contributed by atoms with van der Waals surface area (Å²) in [5.41, 5.74) is -0.919. The first-order valence-corrected chi connectivity index (χ1v) is 8.38. The molecule has 0 saturated carbocycles. The fourth-order valence-corrected chi connectivity index (χ4v) is 3.54. The maximum absolute atomic E-state index is 12.6. The third-order valence-electron chi connectivity index (χ3n) is 4.29. The number of carboxylic acid groups (broad SMARTS) is 1. The fraction of sp³-hybridized carbons (Fsp3) is 0.882. The Morgan fingerprint density at radius 1 is 1.23 bits per heavy atom. The number of carboxylic acids is 1. The average Bonchev–Trinajstić information content (AvgIpc) is 2.36. The Bertz CT molecular complexity index is 394. The lowest BCUT2D eigenvalue weighted by Gasteiger charge is -2.49. The minimum atomic E-state index is -0.750. The maximum atomic E-state index is 12.6. The summed E-state index contributed by atoms with van der Waals surface area (Å²) in [5, 5.41) is 9.38. The van der Waals surface area contributed by atoms with Crippen LogP contribution in [0.5, 0.6) is 0 Å². The fourth-order valence-electron chi connectivity index (χ4n) is 3.54. The van der Waals surface area contributed by atoms with Crippen LogP contribution in [-0.2, 0) is 9.53 Å². The molecule has 22 heavy (non-hydrogen) atoms. The van der Waals surface area contributed by atoms with Crippen molar-refractivity contribution in [2.45, 2.75) is 84.3 Å². The lowest BCUT2D eigenvalue weighted by molar-refractivity contribution is -0.146. The van der Waals surface area contributed by atoms with E-state index in [0.717, 1.165) is 25.7 Å². The van der Waals surface area contributed by atoms with Crippen LogP contribution in [-0.4, -0.2) is 39.8 Å². The van der Waals surface area contributed by atoms with Crippen molar-refractivity contribution in [3.8, 4) is 0 Å². The summed E-state index contributed by atoms with van der Waals surface area (Å²) in [4.78, 5) is 25.8. The maximum Gasteiger partial charge on any atom is 0.410 e. The van der Waals surface area contributed by atoms with Gasteiger partial charge in [0, 0.05) is 12.1 Å². The van der Waals surface area contributed by atoms with Gasteiger partial charge in [0.25, 0.3) is 0 Å². The van der Waals surface area contributed by atoms with Crippen LogP contribution in [0.15, 0.2) is 0 Å². The molecule has 5 nitrogen and oxygen atoms in total. The topological polar surface area (TPSA) is 66.8 Å². The third-order valence-corrected chi connectivity index (χ3v) is 4.29. The first kappa shape index (κ1) is 18.8. The van der Waals surface area contributed by atoms with Gasteiger partial charge >= 0.3 is 12.1 Å². The largest absolute Gasteiger partial charge is 0.481 e. The number of nitrogens with zero attached hydrogens (tertiary/aromatic N) is 1. The molecular weight excluding hydrogens is 282 g/mol. The van der Waals surface area contributed by atoms with Gasteiger partial charge in [0.2, 0.25) is 0 Å². The van der Waals surface area contributed by atoms with E-state index in [0.29, 0.717) is 19.4 Å². The molecule has 1 saturated heterocycles. The molecule has 1 aliphatic heterocycles. The molecule has 1 N–H and O–H groups in total. The quantitative estimate of drug-likeness (QED) is 0.831. The number of carbonyl (C=O) groups is 2. The first-order chi connectivity index (χ1) is 10.1. The number of carbonyl (C=O) groups excluding carboxylic acids is 1. The molecule has 1 heterocycles. The summed E-state index contributed by atoms with van der Waals surface area (Å²) < 4.78 is 5.56. The van der Waals surface area contributed by atoms with E-state index in [2.05, 4.69) is 13.8 Å². The second-order valence-corrected chi connectivity index (χ2v) is 7.38. The minimum Gasteiger partial charge on any atom is -0.481 e. The Morgan fingerprint density at radius 3 is 2.18 bits per heavy atom. The highest BCUT2D eigenvalue weighted by Crippen LogP contribution is 2.40. The second-order valence-electron chi connectivity index (χ2n) is 7.38. The molecule has 1 rings (SSSR count). The van der Waals surface area contributed by atoms with Crippen LogP contribution in [0, 0.1) is 5.92 Å². The predicted octanol–water partition coefficient (Wildman–Crippen LogP) is 4.06. The average molecular weight is 313 g/mol. The molecule has 0 aromatic carbocycles. The van der Waals surface area contributed by atoms with Crippen LogP contribution in [0.1, 0.15) is 73.1 Å². The van der Waals surface area contributed by atoms with E-state index in [1.165, 1.54) is 0 Å². The van der Waals surface area contributed by atoms with E-state index in [-0.39, 0.29) is 17.6 Å². The molecule has 1 amide bonds. The highest BCUT2D eigenvalue weighted by Gasteiger charge is 2.46. The molecule has 1 unspecified atom stereocenters. The van der Waals surface area contributed by atoms with Gasteiger partial charge in [0.05, 0.1) is 5.92 Å². The summed E-state index contributed by atoms with van der Waals surface area (Å²) >= 11 is 0. The van der Waals surface area contributed by atoms with E-state index in [1.54, 1.807) is 0 Å². The van der Waals surface area contributed by atoms with E-state index < -0.39 is 11.6 Å². The molecule has 0 aromatic heterocycles. The van der Waals surface area contributed by atoms with Gasteiger partial charge in [-0.3, -0.25) is 4.79 Å². The van der Waals surface area contributed by atoms with Crippen LogP contribution in [0.25, 0.3) is 0 Å². The molecule has 1 atom stereocenters. The van der Waals surface area contributed by atoms with Gasteiger partial charge in [0.15, 0.2) is 0 Å². The van der Waals surface area contributed by atoms with Crippen LogP contribution in [0.2, 0.25) is 0 Å². The summed E-state index contributed by atoms with van der Waals surface area (Å²) in [6.45, 7) is 10.2. The summed E-state index contributed by atoms with van der Waals surface area (Å²) in [7, 11) is 0. The Kier molecular flexibility index (Phi) is 6.27. The molecular formula is C17H31NO4. The Balaban J connectivity index is 3.05. The number of hydrogen-bond acceptors (Lipinski definition) is 3. The van der Waals surface area contributed by atoms with Crippen LogP contribution in [0.3, 0.4) is 0 Å². The molecule has 1 fully saturated rings. The van der Waals surface area contributed by atoms with Gasteiger partial charge in [-0.25, -0.2) is 4.79 Å². The summed E-state index contributed by atoms with van der Waals surface area (Å²) in [6.07, 6.45) is 4.22. The van der Waals surface area contributed by atoms with Crippen molar-refractivity contribution < 1.29 is 19.4 Å². The third kappa shape index (κ3) is 4.62. The second kappa shape index (κ2) is 7.34. The number of piperidine rings is 1. The number of likely N-dealkylation sites (tertiary alicyclic amines) is 1. The molecule has 0 radical (unpaired) electrons. The Labute approximate surface area is 134 Å². The van der Waals surface area contributed by atoms with Crippen LogP contribution >= 0.6 is 0 Å². The SMILES string of the molecule is CCCC1(CCC)CC(C(=O)O)CCN1C(=O)OC(C)(C)C. The van der Waals surface area contributed by atoms with Gasteiger partial charge in [-0.1, -0.05) is 26.7 Å². The Hall–Kier alpha value is -1.26. The number of ether oxygens (including phenoxy) is 1. The number of aliphatic carboxylic acids is 1. The zero-order valence-electron chi connectivity index (χ0n) is 14.6. The highest BCUT2D eigenvalue weighted by molar-refractivity contribution is 5.73. The van der Waals surface area contributed by atoms with E-state index in [1.807, 2.05) is 25.7 Å². The molecule has 1 aliphatic rings. The van der Waals surface area contributed by atoms with E-state index in [4.69, 9.17) is 4.74 Å². The van der Waals surface area contributed by atoms with Gasteiger partial charge in [0.1, 0.15) is 5.60 Å². The van der Waals surface area contributed by atoms with Crippen molar-refractivity contribution in [1.29, 1.82) is 0 Å². The summed E-state index contributed by atoms with van der Waals surface area (Å²) in [5.74, 6) is -1.11. The van der Waals surface area contributed by atoms with E-state index in [9.17, 15) is 14.7 Å². The predicted molar refractivity (Wildman–Crippen MR) is 85.8 cm³/mol. The standard InChI is InChI=1S/C17H31NO4/c1-6-9-17(10-7-2)12-13(14(19)20)8-11-18(17)15(21)22-16(3,4)5/h13H,6-12H2,1-5H3,(H,19,20). The molecule has 5 heteroatoms. The van der Waals surface area contributed by atoms with Gasteiger partial charge in [-0.2, -0.15) is 0 Å².